The lowest BCUT2D eigenvalue weighted by atomic mass is 9.85. The van der Waals surface area contributed by atoms with Crippen LogP contribution in [0.4, 0.5) is 0 Å². The highest BCUT2D eigenvalue weighted by molar-refractivity contribution is 6.46. The Morgan fingerprint density at radius 2 is 1.65 bits per heavy atom. The van der Waals surface area contributed by atoms with Crippen LogP contribution in [-0.4, -0.2) is 55.2 Å². The minimum Gasteiger partial charge on any atom is -0.403 e. The first-order valence-electron chi connectivity index (χ1n) is 9.65. The average molecular weight is 369 g/mol. The van der Waals surface area contributed by atoms with Gasteiger partial charge < -0.3 is 23.7 Å². The number of hydrogen-bond acceptors (Lipinski definition) is 5. The molecular formula is C19H36BNO5. The van der Waals surface area contributed by atoms with E-state index in [1.54, 1.807) is 11.8 Å². The summed E-state index contributed by atoms with van der Waals surface area (Å²) in [5.41, 5.74) is -0.668. The molecule has 1 rings (SSSR count). The van der Waals surface area contributed by atoms with Gasteiger partial charge in [-0.05, 0) is 48.0 Å². The Morgan fingerprint density at radius 3 is 2.12 bits per heavy atom. The molecule has 0 aromatic carbocycles. The smallest absolute Gasteiger partial charge is 0.403 e. The largest absolute Gasteiger partial charge is 0.461 e. The summed E-state index contributed by atoms with van der Waals surface area (Å²) in [6.07, 6.45) is 5.74. The summed E-state index contributed by atoms with van der Waals surface area (Å²) in [6.45, 7) is 15.5. The van der Waals surface area contributed by atoms with Crippen molar-refractivity contribution in [1.82, 2.24) is 4.90 Å². The Kier molecular flexibility index (Phi) is 9.31. The van der Waals surface area contributed by atoms with E-state index >= 15 is 0 Å². The molecule has 0 N–H and O–H groups in total. The van der Waals surface area contributed by atoms with Gasteiger partial charge in [-0.1, -0.05) is 6.08 Å². The van der Waals surface area contributed by atoms with Crippen LogP contribution in [0.15, 0.2) is 12.3 Å². The first kappa shape index (κ1) is 23.2. The van der Waals surface area contributed by atoms with Crippen LogP contribution in [0, 0.1) is 0 Å². The molecule has 150 valence electrons. The van der Waals surface area contributed by atoms with Gasteiger partial charge in [-0.15, -0.1) is 0 Å². The number of allylic oxidation sites excluding steroid dienone is 1. The van der Waals surface area contributed by atoms with Crippen LogP contribution in [0.1, 0.15) is 61.3 Å². The van der Waals surface area contributed by atoms with Gasteiger partial charge in [-0.25, -0.2) is 0 Å². The Bertz CT molecular complexity index is 445. The van der Waals surface area contributed by atoms with Crippen molar-refractivity contribution in [3.63, 3.8) is 0 Å². The van der Waals surface area contributed by atoms with Crippen molar-refractivity contribution >= 4 is 13.0 Å². The zero-order chi connectivity index (χ0) is 19.8. The van der Waals surface area contributed by atoms with Gasteiger partial charge in [0.25, 0.3) is 0 Å². The summed E-state index contributed by atoms with van der Waals surface area (Å²) >= 11 is 0. The molecule has 1 saturated heterocycles. The summed E-state index contributed by atoms with van der Waals surface area (Å²) in [7, 11) is -0.287. The molecule has 1 aliphatic rings. The van der Waals surface area contributed by atoms with E-state index in [0.717, 1.165) is 12.8 Å². The van der Waals surface area contributed by atoms with E-state index in [-0.39, 0.29) is 30.5 Å². The zero-order valence-electron chi connectivity index (χ0n) is 17.5. The van der Waals surface area contributed by atoms with Gasteiger partial charge in [0.05, 0.1) is 11.2 Å². The number of carbonyl (C=O) groups excluding carboxylic acids is 1. The second kappa shape index (κ2) is 10.4. The molecule has 1 amide bonds. The maximum absolute atomic E-state index is 11.9. The summed E-state index contributed by atoms with van der Waals surface area (Å²) < 4.78 is 23.0. The van der Waals surface area contributed by atoms with E-state index < -0.39 is 0 Å². The Labute approximate surface area is 159 Å². The highest BCUT2D eigenvalue weighted by atomic mass is 16.7. The van der Waals surface area contributed by atoms with Crippen molar-refractivity contribution in [3.05, 3.63) is 12.3 Å². The molecule has 0 unspecified atom stereocenters. The average Bonchev–Trinajstić information content (AvgIpc) is 2.73. The summed E-state index contributed by atoms with van der Waals surface area (Å²) in [5.74, 6) is 0.0135. The SMILES string of the molecule is CCOC(CCCN(/C=C/CB1OC(C)(C)C(C)(C)O1)C(C)=O)OCC. The molecule has 0 aromatic rings. The maximum atomic E-state index is 11.9. The van der Waals surface area contributed by atoms with E-state index in [1.807, 2.05) is 53.8 Å². The van der Waals surface area contributed by atoms with Crippen LogP contribution in [0.25, 0.3) is 0 Å². The molecule has 7 heteroatoms. The summed E-state index contributed by atoms with van der Waals surface area (Å²) in [6, 6.07) is 0. The van der Waals surface area contributed by atoms with Crippen LogP contribution in [0.3, 0.4) is 0 Å². The van der Waals surface area contributed by atoms with Gasteiger partial charge >= 0.3 is 7.12 Å². The zero-order valence-corrected chi connectivity index (χ0v) is 17.5. The molecular weight excluding hydrogens is 333 g/mol. The summed E-state index contributed by atoms with van der Waals surface area (Å²) in [5, 5.41) is 0. The molecule has 0 spiro atoms. The molecule has 26 heavy (non-hydrogen) atoms. The molecule has 6 nitrogen and oxygen atoms in total. The fraction of sp³-hybridized carbons (Fsp3) is 0.842. The molecule has 0 atom stereocenters. The van der Waals surface area contributed by atoms with Gasteiger partial charge in [0.1, 0.15) is 0 Å². The fourth-order valence-corrected chi connectivity index (χ4v) is 2.71. The molecule has 0 aromatic heterocycles. The van der Waals surface area contributed by atoms with Crippen LogP contribution < -0.4 is 0 Å². The third-order valence-corrected chi connectivity index (χ3v) is 4.86. The Morgan fingerprint density at radius 1 is 1.12 bits per heavy atom. The van der Waals surface area contributed by atoms with E-state index in [0.29, 0.717) is 26.1 Å². The number of rotatable bonds is 11. The predicted octanol–water partition coefficient (Wildman–Crippen LogP) is 3.62. The highest BCUT2D eigenvalue weighted by Crippen LogP contribution is 2.37. The van der Waals surface area contributed by atoms with Gasteiger partial charge in [-0.3, -0.25) is 4.79 Å². The second-order valence-corrected chi connectivity index (χ2v) is 7.50. The Hall–Kier alpha value is -0.885. The number of amides is 1. The number of carbonyl (C=O) groups is 1. The van der Waals surface area contributed by atoms with Crippen LogP contribution in [0.2, 0.25) is 6.32 Å². The fourth-order valence-electron chi connectivity index (χ4n) is 2.71. The molecule has 0 saturated carbocycles. The van der Waals surface area contributed by atoms with E-state index in [4.69, 9.17) is 18.8 Å². The van der Waals surface area contributed by atoms with Gasteiger partial charge in [0.2, 0.25) is 5.91 Å². The molecule has 1 heterocycles. The topological polar surface area (TPSA) is 57.2 Å². The molecule has 1 fully saturated rings. The minimum atomic E-state index is -0.334. The number of nitrogens with zero attached hydrogens (tertiary/aromatic N) is 1. The molecule has 1 aliphatic heterocycles. The lowest BCUT2D eigenvalue weighted by Gasteiger charge is -2.32. The molecule has 0 aliphatic carbocycles. The standard InChI is InChI=1S/C19H36BNO5/c1-8-23-17(24-9-2)12-10-14-21(16(3)22)15-11-13-20-25-18(4,5)19(6,7)26-20/h11,15,17H,8-10,12-14H2,1-7H3/b15-11+. The van der Waals surface area contributed by atoms with Crippen molar-refractivity contribution in [3.8, 4) is 0 Å². The third-order valence-electron chi connectivity index (χ3n) is 4.86. The minimum absolute atomic E-state index is 0.0135. The van der Waals surface area contributed by atoms with Crippen molar-refractivity contribution < 1.29 is 23.6 Å². The van der Waals surface area contributed by atoms with Crippen molar-refractivity contribution in [2.45, 2.75) is 85.1 Å². The lowest BCUT2D eigenvalue weighted by molar-refractivity contribution is -0.141. The molecule has 0 bridgehead atoms. The van der Waals surface area contributed by atoms with Crippen LogP contribution in [-0.2, 0) is 23.6 Å². The first-order valence-corrected chi connectivity index (χ1v) is 9.65. The van der Waals surface area contributed by atoms with Gasteiger partial charge in [0, 0.05) is 45.6 Å². The highest BCUT2D eigenvalue weighted by Gasteiger charge is 2.50. The van der Waals surface area contributed by atoms with Gasteiger partial charge in [0.15, 0.2) is 6.29 Å². The van der Waals surface area contributed by atoms with E-state index in [2.05, 4.69) is 0 Å². The third kappa shape index (κ3) is 7.03. The Balaban J connectivity index is 2.45. The predicted molar refractivity (Wildman–Crippen MR) is 104 cm³/mol. The maximum Gasteiger partial charge on any atom is 0.461 e. The number of hydrogen-bond donors (Lipinski definition) is 0. The normalized spacial score (nSPS) is 18.8. The van der Waals surface area contributed by atoms with Crippen molar-refractivity contribution in [2.75, 3.05) is 19.8 Å². The van der Waals surface area contributed by atoms with Crippen LogP contribution in [0.5, 0.6) is 0 Å². The number of ether oxygens (including phenoxy) is 2. The van der Waals surface area contributed by atoms with E-state index in [1.165, 1.54) is 0 Å². The first-order chi connectivity index (χ1) is 12.1. The quantitative estimate of drug-likeness (QED) is 0.411. The monoisotopic (exact) mass is 369 g/mol. The summed E-state index contributed by atoms with van der Waals surface area (Å²) in [4.78, 5) is 13.6. The second-order valence-electron chi connectivity index (χ2n) is 7.50. The van der Waals surface area contributed by atoms with Crippen molar-refractivity contribution in [2.24, 2.45) is 0 Å². The van der Waals surface area contributed by atoms with Crippen LogP contribution >= 0.6 is 0 Å². The lowest BCUT2D eigenvalue weighted by Crippen LogP contribution is -2.41. The van der Waals surface area contributed by atoms with Crippen molar-refractivity contribution in [1.29, 1.82) is 0 Å². The van der Waals surface area contributed by atoms with Gasteiger partial charge in [-0.2, -0.15) is 0 Å². The molecule has 0 radical (unpaired) electrons. The van der Waals surface area contributed by atoms with E-state index in [9.17, 15) is 4.79 Å².